The summed E-state index contributed by atoms with van der Waals surface area (Å²) in [6.07, 6.45) is -3.88. The third kappa shape index (κ3) is 3.84. The molecule has 1 aliphatic heterocycles. The summed E-state index contributed by atoms with van der Waals surface area (Å²) in [5.41, 5.74) is -2.07. The van der Waals surface area contributed by atoms with Gasteiger partial charge in [0, 0.05) is 19.1 Å². The molecule has 1 aromatic rings. The van der Waals surface area contributed by atoms with Crippen LogP contribution in [0.3, 0.4) is 0 Å². The van der Waals surface area contributed by atoms with E-state index in [0.29, 0.717) is 0 Å². The second-order valence-corrected chi connectivity index (χ2v) is 6.19. The first-order valence-electron chi connectivity index (χ1n) is 8.03. The van der Waals surface area contributed by atoms with E-state index in [0.717, 1.165) is 0 Å². The molecular weight excluding hydrogens is 348 g/mol. The normalized spacial score (nSPS) is 31.0. The molecule has 6 atom stereocenters. The van der Waals surface area contributed by atoms with E-state index in [1.165, 1.54) is 23.9 Å². The van der Waals surface area contributed by atoms with Crippen molar-refractivity contribution in [1.29, 1.82) is 0 Å². The Morgan fingerprint density at radius 3 is 2.42 bits per heavy atom. The molecule has 0 unspecified atom stereocenters. The molecule has 1 amide bonds. The largest absolute Gasteiger partial charge is 0.474 e. The van der Waals surface area contributed by atoms with Crippen LogP contribution in [0.2, 0.25) is 0 Å². The minimum absolute atomic E-state index is 0.416. The van der Waals surface area contributed by atoms with Crippen molar-refractivity contribution in [3.63, 3.8) is 0 Å². The van der Waals surface area contributed by atoms with Gasteiger partial charge in [0.2, 0.25) is 5.91 Å². The third-order valence-electron chi connectivity index (χ3n) is 4.34. The number of aliphatic hydroxyl groups excluding tert-OH is 4. The summed E-state index contributed by atoms with van der Waals surface area (Å²) in [5, 5.41) is 51.9. The molecule has 2 rings (SSSR count). The van der Waals surface area contributed by atoms with Crippen molar-refractivity contribution in [2.24, 2.45) is 0 Å². The molecule has 26 heavy (non-hydrogen) atoms. The van der Waals surface area contributed by atoms with Gasteiger partial charge in [-0.05, 0) is 0 Å². The van der Waals surface area contributed by atoms with E-state index in [4.69, 9.17) is 9.84 Å². The monoisotopic (exact) mass is 371 g/mol. The van der Waals surface area contributed by atoms with Crippen LogP contribution in [0.1, 0.15) is 13.3 Å². The zero-order valence-electron chi connectivity index (χ0n) is 14.1. The zero-order valence-corrected chi connectivity index (χ0v) is 14.1. The molecule has 0 spiro atoms. The summed E-state index contributed by atoms with van der Waals surface area (Å²) in [7, 11) is 0. The number of hydrogen-bond acceptors (Lipinski definition) is 7. The van der Waals surface area contributed by atoms with Crippen LogP contribution in [0.15, 0.2) is 30.6 Å². The van der Waals surface area contributed by atoms with Crippen LogP contribution < -0.4 is 9.88 Å². The predicted molar refractivity (Wildman–Crippen MR) is 84.4 cm³/mol. The first-order chi connectivity index (χ1) is 12.2. The van der Waals surface area contributed by atoms with E-state index in [1.807, 2.05) is 0 Å². The molecule has 0 bridgehead atoms. The number of aliphatic hydroxyl groups is 4. The van der Waals surface area contributed by atoms with Crippen molar-refractivity contribution < 1.29 is 44.4 Å². The van der Waals surface area contributed by atoms with Crippen molar-refractivity contribution in [2.45, 2.75) is 49.5 Å². The topological polar surface area (TPSA) is 160 Å². The highest BCUT2D eigenvalue weighted by Gasteiger charge is 2.61. The zero-order chi connectivity index (χ0) is 19.5. The number of nitrogens with zero attached hydrogens (tertiary/aromatic N) is 1. The minimum Gasteiger partial charge on any atom is -0.474 e. The van der Waals surface area contributed by atoms with E-state index < -0.39 is 61.1 Å². The molecule has 1 aromatic heterocycles. The van der Waals surface area contributed by atoms with Crippen LogP contribution in [0.5, 0.6) is 0 Å². The molecule has 1 saturated heterocycles. The molecular formula is C16H23N2O8+. The predicted octanol–water partition coefficient (Wildman–Crippen LogP) is -2.92. The van der Waals surface area contributed by atoms with Crippen molar-refractivity contribution in [1.82, 2.24) is 5.32 Å². The fourth-order valence-electron chi connectivity index (χ4n) is 3.05. The summed E-state index contributed by atoms with van der Waals surface area (Å²) in [5.74, 6) is -1.96. The number of carbonyl (C=O) groups is 2. The Labute approximate surface area is 149 Å². The quantitative estimate of drug-likeness (QED) is 0.290. The Hall–Kier alpha value is -2.11. The average molecular weight is 371 g/mol. The van der Waals surface area contributed by atoms with Gasteiger partial charge in [0.15, 0.2) is 12.4 Å². The van der Waals surface area contributed by atoms with Crippen LogP contribution in [0.4, 0.5) is 0 Å². The molecule has 1 fully saturated rings. The van der Waals surface area contributed by atoms with Gasteiger partial charge in [0.1, 0.15) is 18.3 Å². The molecule has 0 aliphatic carbocycles. The summed E-state index contributed by atoms with van der Waals surface area (Å²) < 4.78 is 6.87. The maximum absolute atomic E-state index is 12.0. The van der Waals surface area contributed by atoms with Crippen molar-refractivity contribution in [2.75, 3.05) is 6.61 Å². The van der Waals surface area contributed by atoms with Crippen LogP contribution in [-0.2, 0) is 20.1 Å². The summed E-state index contributed by atoms with van der Waals surface area (Å²) in [6.45, 7) is 0.367. The number of carboxylic acid groups (broad SMARTS) is 1. The highest BCUT2D eigenvalue weighted by molar-refractivity contribution is 5.74. The summed E-state index contributed by atoms with van der Waals surface area (Å²) in [4.78, 5) is 23.5. The SMILES string of the molecule is CC(=O)N[C@H]1[C@H]([C@H](O)[C@H](O)CO)O[C@](C(=O)O)([n+]2ccccc2)C[C@@H]1O. The fourth-order valence-corrected chi connectivity index (χ4v) is 3.05. The lowest BCUT2D eigenvalue weighted by atomic mass is 9.87. The van der Waals surface area contributed by atoms with Gasteiger partial charge in [-0.1, -0.05) is 6.07 Å². The lowest BCUT2D eigenvalue weighted by Gasteiger charge is -2.43. The van der Waals surface area contributed by atoms with E-state index in [2.05, 4.69) is 5.32 Å². The van der Waals surface area contributed by atoms with Gasteiger partial charge in [-0.15, -0.1) is 0 Å². The van der Waals surface area contributed by atoms with Crippen LogP contribution >= 0.6 is 0 Å². The van der Waals surface area contributed by atoms with Gasteiger partial charge in [-0.2, -0.15) is 4.57 Å². The van der Waals surface area contributed by atoms with E-state index in [9.17, 15) is 30.0 Å². The van der Waals surface area contributed by atoms with Gasteiger partial charge in [0.05, 0.1) is 25.2 Å². The number of carboxylic acids is 1. The molecule has 144 valence electrons. The Balaban J connectivity index is 2.48. The number of ether oxygens (including phenoxy) is 1. The molecule has 10 heteroatoms. The number of aromatic nitrogens is 1. The van der Waals surface area contributed by atoms with Gasteiger partial charge < -0.3 is 35.6 Å². The lowest BCUT2D eigenvalue weighted by molar-refractivity contribution is -0.801. The van der Waals surface area contributed by atoms with Crippen LogP contribution in [0, 0.1) is 0 Å². The summed E-state index contributed by atoms with van der Waals surface area (Å²) >= 11 is 0. The Morgan fingerprint density at radius 2 is 1.92 bits per heavy atom. The van der Waals surface area contributed by atoms with E-state index in [-0.39, 0.29) is 0 Å². The number of nitrogens with one attached hydrogen (secondary N) is 1. The van der Waals surface area contributed by atoms with Gasteiger partial charge in [-0.3, -0.25) is 4.79 Å². The average Bonchev–Trinajstić information content (AvgIpc) is 2.62. The van der Waals surface area contributed by atoms with Gasteiger partial charge in [-0.25, -0.2) is 4.79 Å². The van der Waals surface area contributed by atoms with Gasteiger partial charge >= 0.3 is 11.7 Å². The van der Waals surface area contributed by atoms with Gasteiger partial charge in [0.25, 0.3) is 0 Å². The maximum atomic E-state index is 12.0. The molecule has 2 heterocycles. The summed E-state index contributed by atoms with van der Waals surface area (Å²) in [6, 6.07) is 3.61. The van der Waals surface area contributed by atoms with Crippen LogP contribution in [-0.4, -0.2) is 74.5 Å². The first kappa shape index (κ1) is 20.2. The van der Waals surface area contributed by atoms with Crippen molar-refractivity contribution in [3.8, 4) is 0 Å². The maximum Gasteiger partial charge on any atom is 0.407 e. The molecule has 1 aliphatic rings. The molecule has 0 aromatic carbocycles. The highest BCUT2D eigenvalue weighted by atomic mass is 16.6. The second kappa shape index (κ2) is 8.06. The molecule has 10 nitrogen and oxygen atoms in total. The first-order valence-corrected chi connectivity index (χ1v) is 8.03. The number of rotatable bonds is 6. The molecule has 0 saturated carbocycles. The number of aliphatic carboxylic acids is 1. The highest BCUT2D eigenvalue weighted by Crippen LogP contribution is 2.32. The fraction of sp³-hybridized carbons (Fsp3) is 0.562. The minimum atomic E-state index is -2.07. The van der Waals surface area contributed by atoms with Crippen LogP contribution in [0.25, 0.3) is 0 Å². The standard InChI is InChI=1S/C16H22N2O8/c1-9(20)17-12-10(21)7-16(15(24)25,18-5-3-2-4-6-18)26-14(12)13(23)11(22)8-19/h2-6,10-14,19,21-23H,7-8H2,1H3,(H-,17,20,24,25)/p+1/t10-,11+,12+,13+,14+,16+/m0/s1. The van der Waals surface area contributed by atoms with Crippen molar-refractivity contribution >= 4 is 11.9 Å². The number of hydrogen-bond donors (Lipinski definition) is 6. The Bertz CT molecular complexity index is 642. The molecule has 6 N–H and O–H groups in total. The Kier molecular flexibility index (Phi) is 6.26. The molecule has 0 radical (unpaired) electrons. The third-order valence-corrected chi connectivity index (χ3v) is 4.34. The number of amides is 1. The number of pyridine rings is 1. The van der Waals surface area contributed by atoms with E-state index >= 15 is 0 Å². The second-order valence-electron chi connectivity index (χ2n) is 6.19. The van der Waals surface area contributed by atoms with E-state index in [1.54, 1.807) is 18.2 Å². The smallest absolute Gasteiger partial charge is 0.407 e. The van der Waals surface area contributed by atoms with Crippen molar-refractivity contribution in [3.05, 3.63) is 30.6 Å². The lowest BCUT2D eigenvalue weighted by Crippen LogP contribution is -2.73. The number of carbonyl (C=O) groups excluding carboxylic acids is 1. The Morgan fingerprint density at radius 1 is 1.31 bits per heavy atom.